The number of hydrogen-bond donors (Lipinski definition) is 0. The van der Waals surface area contributed by atoms with Gasteiger partial charge in [0.15, 0.2) is 11.5 Å². The Balaban J connectivity index is 2.49. The van der Waals surface area contributed by atoms with Gasteiger partial charge in [0.25, 0.3) is 0 Å². The lowest BCUT2D eigenvalue weighted by Gasteiger charge is -2.03. The molecule has 0 N–H and O–H groups in total. The highest BCUT2D eigenvalue weighted by Gasteiger charge is 2.13. The molecule has 2 heterocycles. The van der Waals surface area contributed by atoms with Crippen LogP contribution < -0.4 is 0 Å². The summed E-state index contributed by atoms with van der Waals surface area (Å²) in [5, 5.41) is 0. The number of nitrogens with zero attached hydrogens (tertiary/aromatic N) is 3. The molecular formula is C12H11F2N3O. The zero-order valence-corrected chi connectivity index (χ0v) is 9.89. The fourth-order valence-corrected chi connectivity index (χ4v) is 1.50. The zero-order chi connectivity index (χ0) is 13.3. The third-order valence-electron chi connectivity index (χ3n) is 2.30. The van der Waals surface area contributed by atoms with Crippen LogP contribution in [0.2, 0.25) is 0 Å². The maximum atomic E-state index is 13.4. The van der Waals surface area contributed by atoms with Crippen LogP contribution in [0.5, 0.6) is 0 Å². The molecule has 2 aromatic rings. The lowest BCUT2D eigenvalue weighted by atomic mass is 10.3. The van der Waals surface area contributed by atoms with E-state index in [0.29, 0.717) is 0 Å². The molecule has 0 bridgehead atoms. The molecule has 0 spiro atoms. The summed E-state index contributed by atoms with van der Waals surface area (Å²) in [5.74, 6) is -1.93. The number of pyridine rings is 1. The van der Waals surface area contributed by atoms with Gasteiger partial charge in [-0.05, 0) is 0 Å². The molecule has 0 saturated heterocycles. The van der Waals surface area contributed by atoms with Crippen molar-refractivity contribution in [2.45, 2.75) is 0 Å². The smallest absolute Gasteiger partial charge is 0.205 e. The Bertz CT molecular complexity index is 632. The van der Waals surface area contributed by atoms with E-state index in [1.54, 1.807) is 25.2 Å². The molecule has 0 radical (unpaired) electrons. The van der Waals surface area contributed by atoms with Crippen LogP contribution in [0.3, 0.4) is 0 Å². The molecule has 0 amide bonds. The minimum Gasteiger partial charge on any atom is -0.383 e. The van der Waals surface area contributed by atoms with E-state index in [2.05, 4.69) is 4.98 Å². The average Bonchev–Trinajstić information content (AvgIpc) is 2.69. The number of allylic oxidation sites excluding steroid dienone is 1. The van der Waals surface area contributed by atoms with Crippen molar-refractivity contribution in [1.29, 1.82) is 0 Å². The average molecular weight is 251 g/mol. The molecule has 0 saturated carbocycles. The van der Waals surface area contributed by atoms with E-state index in [9.17, 15) is 13.6 Å². The Labute approximate surface area is 102 Å². The quantitative estimate of drug-likeness (QED) is 0.617. The summed E-state index contributed by atoms with van der Waals surface area (Å²) in [6.45, 7) is 0. The van der Waals surface area contributed by atoms with Crippen molar-refractivity contribution in [3.8, 4) is 0 Å². The van der Waals surface area contributed by atoms with E-state index in [1.165, 1.54) is 12.3 Å². The Morgan fingerprint density at radius 3 is 2.83 bits per heavy atom. The summed E-state index contributed by atoms with van der Waals surface area (Å²) in [7, 11) is 3.52. The minimum atomic E-state index is -0.800. The van der Waals surface area contributed by atoms with Crippen LogP contribution >= 0.6 is 0 Å². The molecule has 4 nitrogen and oxygen atoms in total. The summed E-state index contributed by atoms with van der Waals surface area (Å²) in [6.07, 6.45) is 5.12. The van der Waals surface area contributed by atoms with Gasteiger partial charge in [0.1, 0.15) is 11.5 Å². The molecule has 0 atom stereocenters. The number of carbonyl (C=O) groups is 1. The molecule has 0 fully saturated rings. The SMILES string of the molecule is CN(C)C=CC(=O)c1cnc2c(F)cc(F)cn12. The van der Waals surface area contributed by atoms with Crippen LogP contribution in [0.1, 0.15) is 10.5 Å². The highest BCUT2D eigenvalue weighted by Crippen LogP contribution is 2.13. The lowest BCUT2D eigenvalue weighted by Crippen LogP contribution is -2.05. The van der Waals surface area contributed by atoms with Crippen LogP contribution in [0.25, 0.3) is 5.65 Å². The van der Waals surface area contributed by atoms with E-state index < -0.39 is 11.6 Å². The number of aromatic nitrogens is 2. The molecule has 0 aliphatic carbocycles. The molecule has 0 aliphatic heterocycles. The molecule has 6 heteroatoms. The highest BCUT2D eigenvalue weighted by molar-refractivity contribution is 6.03. The van der Waals surface area contributed by atoms with Crippen molar-refractivity contribution < 1.29 is 13.6 Å². The second-order valence-electron chi connectivity index (χ2n) is 3.99. The third-order valence-corrected chi connectivity index (χ3v) is 2.30. The van der Waals surface area contributed by atoms with Crippen molar-refractivity contribution in [2.75, 3.05) is 14.1 Å². The molecular weight excluding hydrogens is 240 g/mol. The van der Waals surface area contributed by atoms with E-state index in [1.807, 2.05) is 0 Å². The van der Waals surface area contributed by atoms with Crippen molar-refractivity contribution in [3.63, 3.8) is 0 Å². The van der Waals surface area contributed by atoms with Crippen LogP contribution in [0.15, 0.2) is 30.7 Å². The van der Waals surface area contributed by atoms with Crippen LogP contribution in [0.4, 0.5) is 8.78 Å². The highest BCUT2D eigenvalue weighted by atomic mass is 19.1. The molecule has 2 aromatic heterocycles. The van der Waals surface area contributed by atoms with E-state index in [0.717, 1.165) is 16.7 Å². The Morgan fingerprint density at radius 1 is 1.44 bits per heavy atom. The van der Waals surface area contributed by atoms with Crippen LogP contribution in [-0.2, 0) is 0 Å². The number of halogens is 2. The first-order valence-electron chi connectivity index (χ1n) is 5.20. The van der Waals surface area contributed by atoms with Gasteiger partial charge in [-0.3, -0.25) is 9.20 Å². The predicted octanol–water partition coefficient (Wildman–Crippen LogP) is 1.87. The fourth-order valence-electron chi connectivity index (χ4n) is 1.50. The van der Waals surface area contributed by atoms with Gasteiger partial charge in [-0.2, -0.15) is 0 Å². The normalized spacial score (nSPS) is 11.3. The van der Waals surface area contributed by atoms with Gasteiger partial charge in [-0.15, -0.1) is 0 Å². The summed E-state index contributed by atoms with van der Waals surface area (Å²) in [5.41, 5.74) is 0.0412. The number of rotatable bonds is 3. The lowest BCUT2D eigenvalue weighted by molar-refractivity contribution is 0.104. The Morgan fingerprint density at radius 2 is 2.17 bits per heavy atom. The number of imidazole rings is 1. The summed E-state index contributed by atoms with van der Waals surface area (Å²) >= 11 is 0. The predicted molar refractivity (Wildman–Crippen MR) is 62.3 cm³/mol. The van der Waals surface area contributed by atoms with Gasteiger partial charge in [0, 0.05) is 38.6 Å². The largest absolute Gasteiger partial charge is 0.383 e. The van der Waals surface area contributed by atoms with Crippen LogP contribution in [0, 0.1) is 11.6 Å². The van der Waals surface area contributed by atoms with Crippen LogP contribution in [-0.4, -0.2) is 34.2 Å². The first-order chi connectivity index (χ1) is 8.49. The van der Waals surface area contributed by atoms with Gasteiger partial charge in [-0.1, -0.05) is 0 Å². The molecule has 2 rings (SSSR count). The Hall–Kier alpha value is -2.24. The van der Waals surface area contributed by atoms with E-state index in [-0.39, 0.29) is 17.1 Å². The zero-order valence-electron chi connectivity index (χ0n) is 9.89. The fraction of sp³-hybridized carbons (Fsp3) is 0.167. The number of hydrogen-bond acceptors (Lipinski definition) is 3. The topological polar surface area (TPSA) is 37.6 Å². The molecule has 94 valence electrons. The second kappa shape index (κ2) is 4.56. The number of carbonyl (C=O) groups excluding carboxylic acids is 1. The van der Waals surface area contributed by atoms with Gasteiger partial charge >= 0.3 is 0 Å². The Kier molecular flexibility index (Phi) is 3.10. The van der Waals surface area contributed by atoms with Crippen molar-refractivity contribution in [2.24, 2.45) is 0 Å². The minimum absolute atomic E-state index is 0.0713. The van der Waals surface area contributed by atoms with Gasteiger partial charge in [-0.25, -0.2) is 13.8 Å². The molecule has 0 aliphatic rings. The van der Waals surface area contributed by atoms with E-state index >= 15 is 0 Å². The second-order valence-corrected chi connectivity index (χ2v) is 3.99. The van der Waals surface area contributed by atoms with Gasteiger partial charge in [0.05, 0.1) is 6.20 Å². The molecule has 18 heavy (non-hydrogen) atoms. The summed E-state index contributed by atoms with van der Waals surface area (Å²) in [6, 6.07) is 0.728. The summed E-state index contributed by atoms with van der Waals surface area (Å²) < 4.78 is 27.6. The van der Waals surface area contributed by atoms with Crippen molar-refractivity contribution in [1.82, 2.24) is 14.3 Å². The maximum absolute atomic E-state index is 13.4. The first-order valence-corrected chi connectivity index (χ1v) is 5.20. The molecule has 0 unspecified atom stereocenters. The van der Waals surface area contributed by atoms with Crippen molar-refractivity contribution >= 4 is 11.4 Å². The number of ketones is 1. The van der Waals surface area contributed by atoms with Gasteiger partial charge in [0.2, 0.25) is 5.78 Å². The first kappa shape index (κ1) is 12.2. The molecule has 0 aromatic carbocycles. The van der Waals surface area contributed by atoms with E-state index in [4.69, 9.17) is 0 Å². The third kappa shape index (κ3) is 2.22. The van der Waals surface area contributed by atoms with Gasteiger partial charge < -0.3 is 4.90 Å². The standard InChI is InChI=1S/C12H11F2N3O/c1-16(2)4-3-11(18)10-6-15-12-9(14)5-8(13)7-17(10)12/h3-7H,1-2H3. The maximum Gasteiger partial charge on any atom is 0.205 e. The monoisotopic (exact) mass is 251 g/mol. The number of fused-ring (bicyclic) bond motifs is 1. The van der Waals surface area contributed by atoms with Crippen molar-refractivity contribution in [3.05, 3.63) is 48.1 Å². The summed E-state index contributed by atoms with van der Waals surface area (Å²) in [4.78, 5) is 17.3.